The van der Waals surface area contributed by atoms with E-state index in [1.807, 2.05) is 44.2 Å². The zero-order chi connectivity index (χ0) is 13.4. The van der Waals surface area contributed by atoms with E-state index in [4.69, 9.17) is 0 Å². The van der Waals surface area contributed by atoms with E-state index in [2.05, 4.69) is 10.1 Å². The molecule has 0 N–H and O–H groups in total. The molecule has 0 radical (unpaired) electrons. The summed E-state index contributed by atoms with van der Waals surface area (Å²) in [5, 5.41) is 5.41. The predicted molar refractivity (Wildman–Crippen MR) is 73.7 cm³/mol. The average Bonchev–Trinajstić information content (AvgIpc) is 2.76. The highest BCUT2D eigenvalue weighted by Gasteiger charge is 2.10. The van der Waals surface area contributed by atoms with Crippen LogP contribution in [0.3, 0.4) is 0 Å². The highest BCUT2D eigenvalue weighted by Crippen LogP contribution is 2.20. The molecule has 0 aliphatic rings. The summed E-state index contributed by atoms with van der Waals surface area (Å²) in [6, 6.07) is 9.92. The fourth-order valence-corrected chi connectivity index (χ4v) is 2.09. The van der Waals surface area contributed by atoms with Gasteiger partial charge >= 0.3 is 0 Å². The average molecular weight is 251 g/mol. The first-order chi connectivity index (χ1) is 9.19. The van der Waals surface area contributed by atoms with E-state index < -0.39 is 0 Å². The van der Waals surface area contributed by atoms with E-state index in [1.165, 1.54) is 5.56 Å². The summed E-state index contributed by atoms with van der Waals surface area (Å²) in [6.45, 7) is 3.97. The lowest BCUT2D eigenvalue weighted by Crippen LogP contribution is -1.98. The Labute approximate surface area is 110 Å². The fourth-order valence-electron chi connectivity index (χ4n) is 2.09. The largest absolute Gasteiger partial charge is 0.298 e. The normalized spacial score (nSPS) is 10.8. The zero-order valence-electron chi connectivity index (χ0n) is 10.8. The third kappa shape index (κ3) is 1.91. The second kappa shape index (κ2) is 4.31. The van der Waals surface area contributed by atoms with Gasteiger partial charge in [0.05, 0.1) is 11.4 Å². The van der Waals surface area contributed by atoms with Gasteiger partial charge in [-0.2, -0.15) is 5.10 Å². The molecule has 4 heteroatoms. The number of carbonyl (C=O) groups is 1. The lowest BCUT2D eigenvalue weighted by molar-refractivity contribution is 0.112. The molecule has 0 atom stereocenters. The Kier molecular flexibility index (Phi) is 2.63. The molecule has 3 aromatic rings. The molecule has 2 aromatic heterocycles. The lowest BCUT2D eigenvalue weighted by Gasteiger charge is -2.03. The third-order valence-corrected chi connectivity index (χ3v) is 3.14. The van der Waals surface area contributed by atoms with Gasteiger partial charge in [0, 0.05) is 17.1 Å². The van der Waals surface area contributed by atoms with E-state index in [-0.39, 0.29) is 0 Å². The number of nitrogens with zero attached hydrogens (tertiary/aromatic N) is 3. The molecule has 0 unspecified atom stereocenters. The van der Waals surface area contributed by atoms with Crippen molar-refractivity contribution < 1.29 is 4.79 Å². The van der Waals surface area contributed by atoms with Crippen LogP contribution in [0.25, 0.3) is 16.7 Å². The maximum Gasteiger partial charge on any atom is 0.163 e. The van der Waals surface area contributed by atoms with Crippen LogP contribution in [0.5, 0.6) is 0 Å². The molecule has 0 fully saturated rings. The van der Waals surface area contributed by atoms with Crippen LogP contribution in [-0.2, 0) is 0 Å². The molecule has 94 valence electrons. The highest BCUT2D eigenvalue weighted by molar-refractivity contribution is 5.86. The van der Waals surface area contributed by atoms with E-state index >= 15 is 0 Å². The van der Waals surface area contributed by atoms with Crippen molar-refractivity contribution in [3.8, 4) is 5.69 Å². The van der Waals surface area contributed by atoms with Crippen LogP contribution in [0.4, 0.5) is 0 Å². The molecule has 0 saturated carbocycles. The molecule has 0 amide bonds. The van der Waals surface area contributed by atoms with Crippen molar-refractivity contribution in [2.45, 2.75) is 13.8 Å². The molecule has 0 saturated heterocycles. The second-order valence-corrected chi connectivity index (χ2v) is 4.59. The maximum absolute atomic E-state index is 10.8. The summed E-state index contributed by atoms with van der Waals surface area (Å²) < 4.78 is 1.80. The number of rotatable bonds is 2. The van der Waals surface area contributed by atoms with Gasteiger partial charge in [0.25, 0.3) is 0 Å². The van der Waals surface area contributed by atoms with Crippen molar-refractivity contribution in [1.82, 2.24) is 14.8 Å². The van der Waals surface area contributed by atoms with Crippen molar-refractivity contribution in [3.05, 3.63) is 53.3 Å². The Bertz CT molecular complexity index is 757. The SMILES string of the molecule is Cc1ccc(-n2nc(C)c3cc(C=O)cnc32)cc1. The third-order valence-electron chi connectivity index (χ3n) is 3.14. The van der Waals surface area contributed by atoms with Crippen LogP contribution in [0.2, 0.25) is 0 Å². The quantitative estimate of drug-likeness (QED) is 0.658. The number of fused-ring (bicyclic) bond motifs is 1. The van der Waals surface area contributed by atoms with Crippen LogP contribution in [0.15, 0.2) is 36.5 Å². The molecule has 1 aromatic carbocycles. The van der Waals surface area contributed by atoms with Crippen molar-refractivity contribution in [1.29, 1.82) is 0 Å². The minimum absolute atomic E-state index is 0.569. The second-order valence-electron chi connectivity index (χ2n) is 4.59. The van der Waals surface area contributed by atoms with Gasteiger partial charge in [0.2, 0.25) is 0 Å². The molecular formula is C15H13N3O. The maximum atomic E-state index is 10.8. The molecule has 19 heavy (non-hydrogen) atoms. The number of hydrogen-bond donors (Lipinski definition) is 0. The molecule has 3 rings (SSSR count). The number of benzene rings is 1. The van der Waals surface area contributed by atoms with Gasteiger partial charge in [-0.05, 0) is 32.0 Å². The monoisotopic (exact) mass is 251 g/mol. The van der Waals surface area contributed by atoms with Crippen LogP contribution in [0, 0.1) is 13.8 Å². The summed E-state index contributed by atoms with van der Waals surface area (Å²) >= 11 is 0. The first-order valence-corrected chi connectivity index (χ1v) is 6.06. The Morgan fingerprint density at radius 3 is 2.58 bits per heavy atom. The Hall–Kier alpha value is -2.49. The van der Waals surface area contributed by atoms with Gasteiger partial charge in [0.1, 0.15) is 0 Å². The van der Waals surface area contributed by atoms with Crippen molar-refractivity contribution in [3.63, 3.8) is 0 Å². The summed E-state index contributed by atoms with van der Waals surface area (Å²) in [4.78, 5) is 15.1. The molecule has 0 spiro atoms. The predicted octanol–water partition coefficient (Wildman–Crippen LogP) is 2.85. The number of hydrogen-bond acceptors (Lipinski definition) is 3. The van der Waals surface area contributed by atoms with Crippen molar-refractivity contribution >= 4 is 17.3 Å². The van der Waals surface area contributed by atoms with Crippen molar-refractivity contribution in [2.24, 2.45) is 0 Å². The summed E-state index contributed by atoms with van der Waals surface area (Å²) in [5.74, 6) is 0. The number of aryl methyl sites for hydroxylation is 2. The van der Waals surface area contributed by atoms with Gasteiger partial charge in [-0.25, -0.2) is 9.67 Å². The number of carbonyl (C=O) groups excluding carboxylic acids is 1. The van der Waals surface area contributed by atoms with Gasteiger partial charge < -0.3 is 0 Å². The molecule has 0 aliphatic heterocycles. The topological polar surface area (TPSA) is 47.8 Å². The van der Waals surface area contributed by atoms with E-state index in [0.29, 0.717) is 5.56 Å². The molecule has 2 heterocycles. The summed E-state index contributed by atoms with van der Waals surface area (Å²) in [5.41, 5.74) is 4.38. The number of aldehydes is 1. The summed E-state index contributed by atoms with van der Waals surface area (Å²) in [6.07, 6.45) is 2.37. The van der Waals surface area contributed by atoms with E-state index in [9.17, 15) is 4.79 Å². The number of aromatic nitrogens is 3. The van der Waals surface area contributed by atoms with Crippen LogP contribution >= 0.6 is 0 Å². The molecule has 0 aliphatic carbocycles. The van der Waals surface area contributed by atoms with Crippen LogP contribution < -0.4 is 0 Å². The van der Waals surface area contributed by atoms with Gasteiger partial charge in [-0.3, -0.25) is 4.79 Å². The van der Waals surface area contributed by atoms with Crippen molar-refractivity contribution in [2.75, 3.05) is 0 Å². The molecular weight excluding hydrogens is 238 g/mol. The minimum atomic E-state index is 0.569. The molecule has 0 bridgehead atoms. The fraction of sp³-hybridized carbons (Fsp3) is 0.133. The van der Waals surface area contributed by atoms with Crippen LogP contribution in [0.1, 0.15) is 21.6 Å². The first-order valence-electron chi connectivity index (χ1n) is 6.06. The first kappa shape index (κ1) is 11.6. The van der Waals surface area contributed by atoms with Gasteiger partial charge in [0.15, 0.2) is 11.9 Å². The van der Waals surface area contributed by atoms with E-state index in [0.717, 1.165) is 28.7 Å². The van der Waals surface area contributed by atoms with E-state index in [1.54, 1.807) is 10.9 Å². The highest BCUT2D eigenvalue weighted by atomic mass is 16.1. The Morgan fingerprint density at radius 2 is 1.89 bits per heavy atom. The number of pyridine rings is 1. The molecule has 4 nitrogen and oxygen atoms in total. The zero-order valence-corrected chi connectivity index (χ0v) is 10.8. The standard InChI is InChI=1S/C15H13N3O/c1-10-3-5-13(6-4-10)18-15-14(11(2)17-18)7-12(9-19)8-16-15/h3-9H,1-2H3. The summed E-state index contributed by atoms with van der Waals surface area (Å²) in [7, 11) is 0. The Balaban J connectivity index is 2.25. The lowest BCUT2D eigenvalue weighted by atomic mass is 10.2. The minimum Gasteiger partial charge on any atom is -0.298 e. The van der Waals surface area contributed by atoms with Crippen LogP contribution in [-0.4, -0.2) is 21.1 Å². The van der Waals surface area contributed by atoms with Gasteiger partial charge in [-0.15, -0.1) is 0 Å². The smallest absolute Gasteiger partial charge is 0.163 e. The Morgan fingerprint density at radius 1 is 1.16 bits per heavy atom. The van der Waals surface area contributed by atoms with Gasteiger partial charge in [-0.1, -0.05) is 17.7 Å².